The first-order chi connectivity index (χ1) is 14.4. The minimum Gasteiger partial charge on any atom is -0.508 e. The molecule has 1 aliphatic heterocycles. The third kappa shape index (κ3) is 3.33. The molecule has 4 rings (SSSR count). The number of likely N-dealkylation sites (N-methyl/N-ethyl adjacent to an activating group) is 1. The first kappa shape index (κ1) is 19.7. The van der Waals surface area contributed by atoms with E-state index in [2.05, 4.69) is 5.32 Å². The number of nitrogens with zero attached hydrogens (tertiary/aromatic N) is 1. The van der Waals surface area contributed by atoms with Gasteiger partial charge in [-0.05, 0) is 59.7 Å². The maximum atomic E-state index is 13.3. The maximum absolute atomic E-state index is 13.3. The van der Waals surface area contributed by atoms with E-state index in [1.165, 1.54) is 4.90 Å². The van der Waals surface area contributed by atoms with E-state index in [0.29, 0.717) is 33.5 Å². The normalized spacial score (nSPS) is 18.3. The molecule has 3 aromatic carbocycles. The highest BCUT2D eigenvalue weighted by Crippen LogP contribution is 2.38. The summed E-state index contributed by atoms with van der Waals surface area (Å²) in [6.45, 7) is 0. The lowest BCUT2D eigenvalue weighted by atomic mass is 9.82. The van der Waals surface area contributed by atoms with E-state index in [0.717, 1.165) is 0 Å². The standard InChI is InChI=1S/C23H20N2O4S/c1-25-21(27)23(24-22(25)30,15-9-11-17(26)12-10-15)16-5-3-7-19(13-16)29-20-8-4-6-18(14-20)28-2/h3-14,26H,1-2H3,(H,24,30). The second kappa shape index (κ2) is 7.68. The predicted molar refractivity (Wildman–Crippen MR) is 117 cm³/mol. The average molecular weight is 420 g/mol. The lowest BCUT2D eigenvalue weighted by Gasteiger charge is -2.28. The first-order valence-corrected chi connectivity index (χ1v) is 9.67. The third-order valence-electron chi connectivity index (χ3n) is 5.07. The summed E-state index contributed by atoms with van der Waals surface area (Å²) < 4.78 is 11.2. The number of hydrogen-bond donors (Lipinski definition) is 2. The molecule has 1 saturated heterocycles. The van der Waals surface area contributed by atoms with Crippen LogP contribution in [-0.2, 0) is 10.3 Å². The summed E-state index contributed by atoms with van der Waals surface area (Å²) in [6, 6.07) is 21.1. The molecular weight excluding hydrogens is 400 g/mol. The van der Waals surface area contributed by atoms with Crippen molar-refractivity contribution in [2.24, 2.45) is 0 Å². The molecule has 1 unspecified atom stereocenters. The molecule has 0 aliphatic carbocycles. The number of phenols is 1. The number of methoxy groups -OCH3 is 1. The van der Waals surface area contributed by atoms with E-state index in [4.69, 9.17) is 21.7 Å². The molecule has 1 amide bonds. The van der Waals surface area contributed by atoms with E-state index < -0.39 is 5.54 Å². The van der Waals surface area contributed by atoms with E-state index in [1.807, 2.05) is 36.4 Å². The van der Waals surface area contributed by atoms with Crippen molar-refractivity contribution in [3.63, 3.8) is 0 Å². The van der Waals surface area contributed by atoms with Crippen molar-refractivity contribution in [1.82, 2.24) is 10.2 Å². The van der Waals surface area contributed by atoms with E-state index >= 15 is 0 Å². The molecule has 0 spiro atoms. The van der Waals surface area contributed by atoms with Crippen LogP contribution in [-0.4, -0.2) is 35.2 Å². The molecule has 7 heteroatoms. The smallest absolute Gasteiger partial charge is 0.263 e. The first-order valence-electron chi connectivity index (χ1n) is 9.26. The van der Waals surface area contributed by atoms with Gasteiger partial charge in [-0.15, -0.1) is 0 Å². The van der Waals surface area contributed by atoms with Gasteiger partial charge in [0, 0.05) is 13.1 Å². The Labute approximate surface area is 179 Å². The molecule has 0 radical (unpaired) electrons. The van der Waals surface area contributed by atoms with Gasteiger partial charge in [-0.3, -0.25) is 9.69 Å². The molecule has 1 atom stereocenters. The summed E-state index contributed by atoms with van der Waals surface area (Å²) in [4.78, 5) is 14.7. The van der Waals surface area contributed by atoms with Crippen molar-refractivity contribution in [1.29, 1.82) is 0 Å². The third-order valence-corrected chi connectivity index (χ3v) is 5.44. The molecule has 2 N–H and O–H groups in total. The van der Waals surface area contributed by atoms with Crippen LogP contribution >= 0.6 is 12.2 Å². The van der Waals surface area contributed by atoms with Crippen LogP contribution in [0, 0.1) is 0 Å². The van der Waals surface area contributed by atoms with Crippen LogP contribution in [0.3, 0.4) is 0 Å². The van der Waals surface area contributed by atoms with Crippen molar-refractivity contribution in [2.45, 2.75) is 5.54 Å². The zero-order valence-corrected chi connectivity index (χ0v) is 17.3. The van der Waals surface area contributed by atoms with Gasteiger partial charge in [-0.2, -0.15) is 0 Å². The number of phenolic OH excluding ortho intramolecular Hbond substituents is 1. The molecule has 30 heavy (non-hydrogen) atoms. The minimum atomic E-state index is -1.21. The van der Waals surface area contributed by atoms with E-state index in [1.54, 1.807) is 50.6 Å². The molecule has 1 heterocycles. The Morgan fingerprint density at radius 1 is 0.933 bits per heavy atom. The van der Waals surface area contributed by atoms with E-state index in [-0.39, 0.29) is 11.7 Å². The molecule has 6 nitrogen and oxygen atoms in total. The lowest BCUT2D eigenvalue weighted by Crippen LogP contribution is -2.44. The quantitative estimate of drug-likeness (QED) is 0.612. The second-order valence-electron chi connectivity index (χ2n) is 6.90. The Bertz CT molecular complexity index is 1120. The van der Waals surface area contributed by atoms with Gasteiger partial charge in [0.1, 0.15) is 23.0 Å². The minimum absolute atomic E-state index is 0.116. The monoisotopic (exact) mass is 420 g/mol. The molecule has 0 aromatic heterocycles. The van der Waals surface area contributed by atoms with Crippen LogP contribution in [0.15, 0.2) is 72.8 Å². The average Bonchev–Trinajstić information content (AvgIpc) is 2.99. The van der Waals surface area contributed by atoms with Gasteiger partial charge < -0.3 is 19.9 Å². The topological polar surface area (TPSA) is 71.0 Å². The molecule has 0 saturated carbocycles. The van der Waals surface area contributed by atoms with Crippen molar-refractivity contribution in [3.8, 4) is 23.0 Å². The summed E-state index contributed by atoms with van der Waals surface area (Å²) in [5.41, 5.74) is 0.119. The molecule has 152 valence electrons. The SMILES string of the molecule is COc1cccc(Oc2cccc(C3(c4ccc(O)cc4)NC(=S)N(C)C3=O)c2)c1. The number of thiocarbonyl (C=S) groups is 1. The van der Waals surface area contributed by atoms with Gasteiger partial charge >= 0.3 is 0 Å². The lowest BCUT2D eigenvalue weighted by molar-refractivity contribution is -0.129. The number of carbonyl (C=O) groups is 1. The van der Waals surface area contributed by atoms with Crippen LogP contribution in [0.25, 0.3) is 0 Å². The number of nitrogens with one attached hydrogen (secondary N) is 1. The van der Waals surface area contributed by atoms with Gasteiger partial charge in [-0.1, -0.05) is 30.3 Å². The highest BCUT2D eigenvalue weighted by Gasteiger charge is 2.51. The highest BCUT2D eigenvalue weighted by atomic mass is 32.1. The Morgan fingerprint density at radius 2 is 1.57 bits per heavy atom. The van der Waals surface area contributed by atoms with Crippen LogP contribution in [0.2, 0.25) is 0 Å². The molecule has 1 aliphatic rings. The Balaban J connectivity index is 1.79. The van der Waals surface area contributed by atoms with E-state index in [9.17, 15) is 9.90 Å². The van der Waals surface area contributed by atoms with Crippen molar-refractivity contribution in [3.05, 3.63) is 83.9 Å². The van der Waals surface area contributed by atoms with Crippen LogP contribution < -0.4 is 14.8 Å². The number of benzene rings is 3. The predicted octanol–water partition coefficient (Wildman–Crippen LogP) is 3.78. The van der Waals surface area contributed by atoms with Crippen LogP contribution in [0.1, 0.15) is 11.1 Å². The van der Waals surface area contributed by atoms with Crippen molar-refractivity contribution >= 4 is 23.2 Å². The Morgan fingerprint density at radius 3 is 2.20 bits per heavy atom. The zero-order chi connectivity index (χ0) is 21.3. The van der Waals surface area contributed by atoms with Crippen molar-refractivity contribution in [2.75, 3.05) is 14.2 Å². The number of carbonyl (C=O) groups excluding carboxylic acids is 1. The van der Waals surface area contributed by atoms with Gasteiger partial charge in [0.15, 0.2) is 10.7 Å². The molecule has 1 fully saturated rings. The largest absolute Gasteiger partial charge is 0.508 e. The second-order valence-corrected chi connectivity index (χ2v) is 7.29. The number of amides is 1. The van der Waals surface area contributed by atoms with Crippen LogP contribution in [0.4, 0.5) is 0 Å². The fraction of sp³-hybridized carbons (Fsp3) is 0.130. The van der Waals surface area contributed by atoms with Gasteiger partial charge in [0.25, 0.3) is 5.91 Å². The summed E-state index contributed by atoms with van der Waals surface area (Å²) in [6.07, 6.45) is 0. The Kier molecular flexibility index (Phi) is 5.05. The molecule has 3 aromatic rings. The number of hydrogen-bond acceptors (Lipinski definition) is 5. The summed E-state index contributed by atoms with van der Waals surface area (Å²) in [5.74, 6) is 1.77. The summed E-state index contributed by atoms with van der Waals surface area (Å²) >= 11 is 5.36. The number of ether oxygens (including phenoxy) is 2. The zero-order valence-electron chi connectivity index (χ0n) is 16.5. The number of aromatic hydroxyl groups is 1. The van der Waals surface area contributed by atoms with Crippen LogP contribution in [0.5, 0.6) is 23.0 Å². The highest BCUT2D eigenvalue weighted by molar-refractivity contribution is 7.80. The van der Waals surface area contributed by atoms with Gasteiger partial charge in [-0.25, -0.2) is 0 Å². The fourth-order valence-electron chi connectivity index (χ4n) is 3.50. The Hall–Kier alpha value is -3.58. The van der Waals surface area contributed by atoms with Gasteiger partial charge in [0.2, 0.25) is 0 Å². The molecular formula is C23H20N2O4S. The molecule has 0 bridgehead atoms. The summed E-state index contributed by atoms with van der Waals surface area (Å²) in [5, 5.41) is 13.2. The van der Waals surface area contributed by atoms with Gasteiger partial charge in [0.05, 0.1) is 7.11 Å². The van der Waals surface area contributed by atoms with Crippen molar-refractivity contribution < 1.29 is 19.4 Å². The fourth-order valence-corrected chi connectivity index (χ4v) is 3.74. The number of rotatable bonds is 5. The summed E-state index contributed by atoms with van der Waals surface area (Å²) in [7, 11) is 3.23. The maximum Gasteiger partial charge on any atom is 0.263 e.